The van der Waals surface area contributed by atoms with Crippen molar-refractivity contribution in [2.75, 3.05) is 6.26 Å². The van der Waals surface area contributed by atoms with Crippen molar-refractivity contribution >= 4 is 15.8 Å². The van der Waals surface area contributed by atoms with Gasteiger partial charge in [-0.25, -0.2) is 17.6 Å². The summed E-state index contributed by atoms with van der Waals surface area (Å²) in [5, 5.41) is 8.63. The average Bonchev–Trinajstić information content (AvgIpc) is 2.12. The van der Waals surface area contributed by atoms with Gasteiger partial charge in [0.2, 0.25) is 0 Å². The van der Waals surface area contributed by atoms with Crippen LogP contribution in [0, 0.1) is 5.82 Å². The third-order valence-electron chi connectivity index (χ3n) is 2.00. The molecule has 0 amide bonds. The van der Waals surface area contributed by atoms with Gasteiger partial charge < -0.3 is 5.11 Å². The fourth-order valence-corrected chi connectivity index (χ4v) is 2.30. The van der Waals surface area contributed by atoms with Crippen LogP contribution in [-0.4, -0.2) is 25.7 Å². The first-order chi connectivity index (χ1) is 7.96. The Morgan fingerprint density at radius 3 is 2.11 bits per heavy atom. The maximum Gasteiger partial charge on any atom is 0.419 e. The SMILES string of the molecule is CS(=O)(=O)c1c(C(=O)O)ccc(C(F)(F)F)c1F. The lowest BCUT2D eigenvalue weighted by atomic mass is 10.1. The van der Waals surface area contributed by atoms with Crippen LogP contribution in [0.3, 0.4) is 0 Å². The summed E-state index contributed by atoms with van der Waals surface area (Å²) >= 11 is 0. The van der Waals surface area contributed by atoms with Gasteiger partial charge in [0.25, 0.3) is 0 Å². The molecule has 0 unspecified atom stereocenters. The molecule has 100 valence electrons. The molecule has 0 saturated heterocycles. The van der Waals surface area contributed by atoms with Gasteiger partial charge in [0, 0.05) is 6.26 Å². The fraction of sp³-hybridized carbons (Fsp3) is 0.222. The number of hydrogen-bond acceptors (Lipinski definition) is 3. The van der Waals surface area contributed by atoms with Gasteiger partial charge in [-0.05, 0) is 12.1 Å². The van der Waals surface area contributed by atoms with E-state index in [0.717, 1.165) is 0 Å². The zero-order valence-electron chi connectivity index (χ0n) is 8.75. The van der Waals surface area contributed by atoms with Crippen LogP contribution in [0.15, 0.2) is 17.0 Å². The molecule has 4 nitrogen and oxygen atoms in total. The molecule has 0 heterocycles. The van der Waals surface area contributed by atoms with Gasteiger partial charge in [0.05, 0.1) is 11.1 Å². The van der Waals surface area contributed by atoms with Crippen molar-refractivity contribution in [3.05, 3.63) is 29.1 Å². The molecule has 0 bridgehead atoms. The molecule has 1 aromatic carbocycles. The van der Waals surface area contributed by atoms with Crippen LogP contribution in [0.4, 0.5) is 17.6 Å². The topological polar surface area (TPSA) is 71.4 Å². The molecule has 9 heteroatoms. The molecule has 0 radical (unpaired) electrons. The average molecular weight is 286 g/mol. The van der Waals surface area contributed by atoms with Crippen molar-refractivity contribution in [2.24, 2.45) is 0 Å². The Morgan fingerprint density at radius 1 is 1.28 bits per heavy atom. The number of aromatic carboxylic acids is 1. The van der Waals surface area contributed by atoms with Crippen molar-refractivity contribution in [1.82, 2.24) is 0 Å². The van der Waals surface area contributed by atoms with E-state index in [4.69, 9.17) is 5.11 Å². The van der Waals surface area contributed by atoms with Crippen LogP contribution >= 0.6 is 0 Å². The predicted molar refractivity (Wildman–Crippen MR) is 51.5 cm³/mol. The van der Waals surface area contributed by atoms with Crippen molar-refractivity contribution in [3.63, 3.8) is 0 Å². The summed E-state index contributed by atoms with van der Waals surface area (Å²) in [7, 11) is -4.45. The molecule has 0 saturated carbocycles. The maximum absolute atomic E-state index is 13.5. The largest absolute Gasteiger partial charge is 0.478 e. The highest BCUT2D eigenvalue weighted by Crippen LogP contribution is 2.35. The number of sulfone groups is 1. The Kier molecular flexibility index (Phi) is 3.39. The minimum atomic E-state index is -5.11. The quantitative estimate of drug-likeness (QED) is 0.843. The summed E-state index contributed by atoms with van der Waals surface area (Å²) in [6.45, 7) is 0. The lowest BCUT2D eigenvalue weighted by Gasteiger charge is -2.12. The second kappa shape index (κ2) is 4.23. The normalized spacial score (nSPS) is 12.5. The van der Waals surface area contributed by atoms with E-state index in [1.807, 2.05) is 0 Å². The first-order valence-electron chi connectivity index (χ1n) is 4.29. The Morgan fingerprint density at radius 2 is 1.78 bits per heavy atom. The Labute approximate surface area is 98.8 Å². The standard InChI is InChI=1S/C9H6F4O4S/c1-18(16,17)7-4(8(14)15)2-3-5(6(7)10)9(11,12)13/h2-3H,1H3,(H,14,15). The van der Waals surface area contributed by atoms with E-state index >= 15 is 0 Å². The van der Waals surface area contributed by atoms with Crippen LogP contribution in [0.5, 0.6) is 0 Å². The highest BCUT2D eigenvalue weighted by atomic mass is 32.2. The molecule has 18 heavy (non-hydrogen) atoms. The molecule has 0 aromatic heterocycles. The van der Waals surface area contributed by atoms with E-state index in [0.29, 0.717) is 12.3 Å². The molecule has 1 rings (SSSR count). The molecule has 0 aliphatic heterocycles. The Balaban J connectivity index is 3.78. The van der Waals surface area contributed by atoms with E-state index in [1.54, 1.807) is 0 Å². The highest BCUT2D eigenvalue weighted by molar-refractivity contribution is 7.90. The van der Waals surface area contributed by atoms with Gasteiger partial charge in [-0.2, -0.15) is 13.2 Å². The minimum absolute atomic E-state index is 0.188. The van der Waals surface area contributed by atoms with Crippen LogP contribution in [0.25, 0.3) is 0 Å². The fourth-order valence-electron chi connectivity index (χ4n) is 1.31. The number of alkyl halides is 3. The zero-order valence-corrected chi connectivity index (χ0v) is 9.56. The Bertz CT molecular complexity index is 604. The minimum Gasteiger partial charge on any atom is -0.478 e. The predicted octanol–water partition coefficient (Wildman–Crippen LogP) is 1.95. The molecular weight excluding hydrogens is 280 g/mol. The van der Waals surface area contributed by atoms with Gasteiger partial charge in [-0.3, -0.25) is 0 Å². The van der Waals surface area contributed by atoms with E-state index in [-0.39, 0.29) is 6.07 Å². The molecule has 1 N–H and O–H groups in total. The zero-order chi connectivity index (χ0) is 14.3. The molecule has 0 fully saturated rings. The van der Waals surface area contributed by atoms with Crippen molar-refractivity contribution in [3.8, 4) is 0 Å². The summed E-state index contributed by atoms with van der Waals surface area (Å²) in [6.07, 6.45) is -4.68. The van der Waals surface area contributed by atoms with E-state index in [2.05, 4.69) is 0 Å². The lowest BCUT2D eigenvalue weighted by molar-refractivity contribution is -0.140. The van der Waals surface area contributed by atoms with E-state index in [1.165, 1.54) is 0 Å². The summed E-state index contributed by atoms with van der Waals surface area (Å²) in [5.74, 6) is -3.94. The summed E-state index contributed by atoms with van der Waals surface area (Å²) < 4.78 is 73.0. The lowest BCUT2D eigenvalue weighted by Crippen LogP contribution is -2.16. The first-order valence-corrected chi connectivity index (χ1v) is 6.18. The molecule has 0 atom stereocenters. The number of benzene rings is 1. The summed E-state index contributed by atoms with van der Waals surface area (Å²) in [6, 6.07) is 0.595. The molecule has 0 aliphatic rings. The number of carboxylic acids is 1. The molecule has 0 spiro atoms. The second-order valence-electron chi connectivity index (χ2n) is 3.38. The second-order valence-corrected chi connectivity index (χ2v) is 5.33. The van der Waals surface area contributed by atoms with Crippen molar-refractivity contribution < 1.29 is 35.9 Å². The maximum atomic E-state index is 13.5. The van der Waals surface area contributed by atoms with Crippen LogP contribution in [-0.2, 0) is 16.0 Å². The van der Waals surface area contributed by atoms with Gasteiger partial charge in [-0.1, -0.05) is 0 Å². The van der Waals surface area contributed by atoms with Crippen LogP contribution < -0.4 is 0 Å². The number of carbonyl (C=O) groups is 1. The third kappa shape index (κ3) is 2.61. The highest BCUT2D eigenvalue weighted by Gasteiger charge is 2.38. The third-order valence-corrected chi connectivity index (χ3v) is 3.14. The van der Waals surface area contributed by atoms with Gasteiger partial charge in [0.1, 0.15) is 4.90 Å². The van der Waals surface area contributed by atoms with Crippen molar-refractivity contribution in [2.45, 2.75) is 11.1 Å². The Hall–Kier alpha value is -1.64. The van der Waals surface area contributed by atoms with Gasteiger partial charge in [-0.15, -0.1) is 0 Å². The monoisotopic (exact) mass is 286 g/mol. The molecular formula is C9H6F4O4S. The summed E-state index contributed by atoms with van der Waals surface area (Å²) in [4.78, 5) is 9.20. The molecule has 1 aromatic rings. The van der Waals surface area contributed by atoms with Crippen molar-refractivity contribution in [1.29, 1.82) is 0 Å². The van der Waals surface area contributed by atoms with E-state index in [9.17, 15) is 30.8 Å². The number of halogens is 4. The summed E-state index contributed by atoms with van der Waals surface area (Å²) in [5.41, 5.74) is -2.86. The molecule has 0 aliphatic carbocycles. The number of rotatable bonds is 2. The van der Waals surface area contributed by atoms with E-state index < -0.39 is 43.8 Å². The number of hydrogen-bond donors (Lipinski definition) is 1. The van der Waals surface area contributed by atoms with Crippen LogP contribution in [0.1, 0.15) is 15.9 Å². The smallest absolute Gasteiger partial charge is 0.419 e. The van der Waals surface area contributed by atoms with Gasteiger partial charge in [0.15, 0.2) is 15.7 Å². The number of carboxylic acid groups (broad SMARTS) is 1. The van der Waals surface area contributed by atoms with Gasteiger partial charge >= 0.3 is 12.1 Å². The van der Waals surface area contributed by atoms with Crippen LogP contribution in [0.2, 0.25) is 0 Å². The first kappa shape index (κ1) is 14.4.